The number of aryl methyl sites for hydroxylation is 1. The van der Waals surface area contributed by atoms with Crippen molar-refractivity contribution < 1.29 is 47.6 Å². The molecule has 3 aliphatic heterocycles. The predicted molar refractivity (Wildman–Crippen MR) is 206 cm³/mol. The van der Waals surface area contributed by atoms with Gasteiger partial charge < -0.3 is 38.4 Å². The first-order chi connectivity index (χ1) is 26.3. The molecule has 1 unspecified atom stereocenters. The van der Waals surface area contributed by atoms with Gasteiger partial charge in [0.25, 0.3) is 5.67 Å². The lowest BCUT2D eigenvalue weighted by Crippen LogP contribution is -2.59. The molecular weight excluding hydrogens is 723 g/mol. The van der Waals surface area contributed by atoms with Gasteiger partial charge in [0.1, 0.15) is 18.0 Å². The number of unbranched alkanes of at least 4 members (excludes halogenated alkanes) is 1. The molecule has 0 spiro atoms. The number of esters is 1. The Morgan fingerprint density at radius 1 is 0.964 bits per heavy atom. The highest BCUT2D eigenvalue weighted by molar-refractivity contribution is 6.07. The second kappa shape index (κ2) is 17.4. The van der Waals surface area contributed by atoms with E-state index in [2.05, 4.69) is 4.98 Å². The van der Waals surface area contributed by atoms with E-state index in [1.54, 1.807) is 34.0 Å². The van der Waals surface area contributed by atoms with E-state index in [9.17, 15) is 24.3 Å². The number of aliphatic hydroxyl groups excluding tert-OH is 1. The van der Waals surface area contributed by atoms with E-state index in [0.717, 1.165) is 18.2 Å². The molecule has 4 heterocycles. The van der Waals surface area contributed by atoms with Crippen molar-refractivity contribution in [1.82, 2.24) is 19.4 Å². The Balaban J connectivity index is 1.39. The maximum Gasteiger partial charge on any atom is 0.410 e. The molecule has 13 nitrogen and oxygen atoms in total. The van der Waals surface area contributed by atoms with Crippen molar-refractivity contribution in [2.24, 2.45) is 23.7 Å². The molecule has 1 aromatic heterocycles. The summed E-state index contributed by atoms with van der Waals surface area (Å²) in [6.45, 7) is 13.5. The highest BCUT2D eigenvalue weighted by Gasteiger charge is 2.60. The fraction of sp³-hybridized carbons (Fsp3) is 0.690. The number of carbonyl (C=O) groups is 4. The van der Waals surface area contributed by atoms with Gasteiger partial charge in [0, 0.05) is 48.6 Å². The third kappa shape index (κ3) is 8.88. The molecule has 1 aromatic carbocycles. The molecule has 0 aliphatic carbocycles. The highest BCUT2D eigenvalue weighted by Crippen LogP contribution is 2.42. The van der Waals surface area contributed by atoms with Crippen LogP contribution in [0.3, 0.4) is 0 Å². The second-order valence-electron chi connectivity index (χ2n) is 16.9. The number of likely N-dealkylation sites (N-methyl/N-ethyl adjacent to an activating group) is 1. The minimum atomic E-state index is -3.10. The Labute approximate surface area is 330 Å². The summed E-state index contributed by atoms with van der Waals surface area (Å²) in [5, 5.41) is 11.3. The largest absolute Gasteiger partial charge is 0.456 e. The van der Waals surface area contributed by atoms with Crippen LogP contribution in [0.5, 0.6) is 0 Å². The van der Waals surface area contributed by atoms with Gasteiger partial charge in [-0.05, 0) is 73.4 Å². The zero-order valence-corrected chi connectivity index (χ0v) is 34.5. The van der Waals surface area contributed by atoms with Gasteiger partial charge in [-0.1, -0.05) is 58.0 Å². The van der Waals surface area contributed by atoms with Gasteiger partial charge in [0.15, 0.2) is 17.7 Å². The number of benzene rings is 1. The van der Waals surface area contributed by atoms with Crippen LogP contribution in [-0.2, 0) is 39.9 Å². The summed E-state index contributed by atoms with van der Waals surface area (Å²) in [6.07, 6.45) is 0.317. The number of hydrogen-bond acceptors (Lipinski definition) is 11. The molecular formula is C42H61FN4O9. The number of amides is 1. The number of nitrogens with zero attached hydrogens (tertiary/aromatic N) is 4. The van der Waals surface area contributed by atoms with E-state index >= 15 is 4.39 Å². The van der Waals surface area contributed by atoms with E-state index in [-0.39, 0.29) is 30.9 Å². The van der Waals surface area contributed by atoms with Crippen LogP contribution in [0.4, 0.5) is 9.18 Å². The molecule has 2 aromatic rings. The smallest absolute Gasteiger partial charge is 0.410 e. The predicted octanol–water partition coefficient (Wildman–Crippen LogP) is 5.47. The molecule has 56 heavy (non-hydrogen) atoms. The number of hydrogen-bond donors (Lipinski definition) is 1. The summed E-state index contributed by atoms with van der Waals surface area (Å²) in [4.78, 5) is 63.6. The summed E-state index contributed by atoms with van der Waals surface area (Å²) < 4.78 is 42.6. The van der Waals surface area contributed by atoms with Crippen molar-refractivity contribution >= 4 is 23.6 Å². The van der Waals surface area contributed by atoms with E-state index in [4.69, 9.17) is 18.9 Å². The SMILES string of the molecule is C[C@@H]1C[C@H](N(C)C)[C@@H](O)[C@H](OC2[C@@H](C)C[C@@H](C)C(=O)[C@@H](C)[C@@H]3N(CCCCn4cnc(-c5ccccc5)c4)C(=O)O[C@]3(C)[C@@H](C)OC(=O)[C@@](C)(F)C(=O)[C@@H]2C)O1. The number of Topliss-reactive ketones (excluding diaryl/α,β-unsaturated/α-hetero) is 2. The van der Waals surface area contributed by atoms with Crippen molar-refractivity contribution in [3.8, 4) is 11.3 Å². The molecule has 0 saturated carbocycles. The maximum atomic E-state index is 16.6. The summed E-state index contributed by atoms with van der Waals surface area (Å²) in [7, 11) is 3.68. The van der Waals surface area contributed by atoms with Gasteiger partial charge in [-0.3, -0.25) is 9.59 Å². The molecule has 3 aliphatic rings. The number of imidazole rings is 1. The molecule has 1 amide bonds. The number of rotatable bonds is 9. The standard InChI is InChI=1S/C42H61FN4O9/c1-24-20-25(2)35(55-38-34(49)32(45(9)10)21-26(3)53-38)28(5)37(50)41(7,43)39(51)54-29(6)42(8)36(27(4)33(24)48)47(40(52)56-42)19-15-14-18-46-22-31(44-23-46)30-16-12-11-13-17-30/h11-13,16-17,22-29,32,34-36,38,49H,14-15,18-21H2,1-10H3/t24-,25+,26-,27-,28-,29-,32+,34-,35?,36+,38+,41+,42-/m1/s1. The van der Waals surface area contributed by atoms with Crippen molar-refractivity contribution in [3.63, 3.8) is 0 Å². The van der Waals surface area contributed by atoms with Crippen LogP contribution >= 0.6 is 0 Å². The minimum absolute atomic E-state index is 0.151. The van der Waals surface area contributed by atoms with Crippen LogP contribution in [0.2, 0.25) is 0 Å². The Hall–Kier alpha value is -3.72. The zero-order chi connectivity index (χ0) is 41.3. The fourth-order valence-corrected chi connectivity index (χ4v) is 8.90. The molecule has 0 bridgehead atoms. The average molecular weight is 785 g/mol. The Morgan fingerprint density at radius 3 is 2.29 bits per heavy atom. The van der Waals surface area contributed by atoms with E-state index in [1.165, 1.54) is 18.7 Å². The molecule has 3 saturated heterocycles. The molecule has 3 fully saturated rings. The lowest BCUT2D eigenvalue weighted by molar-refractivity contribution is -0.278. The topological polar surface area (TPSA) is 150 Å². The van der Waals surface area contributed by atoms with Crippen LogP contribution in [0.25, 0.3) is 11.3 Å². The van der Waals surface area contributed by atoms with E-state index < -0.39 is 83.4 Å². The Kier molecular flexibility index (Phi) is 13.5. The summed E-state index contributed by atoms with van der Waals surface area (Å²) >= 11 is 0. The summed E-state index contributed by atoms with van der Waals surface area (Å²) in [5.41, 5.74) is -2.78. The van der Waals surface area contributed by atoms with Crippen LogP contribution in [0.1, 0.15) is 81.1 Å². The minimum Gasteiger partial charge on any atom is -0.456 e. The van der Waals surface area contributed by atoms with Crippen molar-refractivity contribution in [2.75, 3.05) is 20.6 Å². The van der Waals surface area contributed by atoms with Crippen molar-refractivity contribution in [3.05, 3.63) is 42.9 Å². The van der Waals surface area contributed by atoms with Gasteiger partial charge in [-0.2, -0.15) is 0 Å². The maximum absolute atomic E-state index is 16.6. The number of fused-ring (bicyclic) bond motifs is 1. The van der Waals surface area contributed by atoms with Gasteiger partial charge in [0.2, 0.25) is 0 Å². The highest BCUT2D eigenvalue weighted by atomic mass is 19.1. The number of alkyl halides is 1. The van der Waals surface area contributed by atoms with Crippen molar-refractivity contribution in [2.45, 2.75) is 142 Å². The number of ketones is 2. The molecule has 14 heteroatoms. The number of aromatic nitrogens is 2. The van der Waals surface area contributed by atoms with E-state index in [1.807, 2.05) is 67.0 Å². The number of carbonyl (C=O) groups excluding carboxylic acids is 4. The summed E-state index contributed by atoms with van der Waals surface area (Å²) in [6, 6.07) is 8.68. The third-order valence-electron chi connectivity index (χ3n) is 12.3. The molecule has 5 rings (SSSR count). The Bertz CT molecular complexity index is 1700. The number of halogens is 1. The fourth-order valence-electron chi connectivity index (χ4n) is 8.90. The second-order valence-corrected chi connectivity index (χ2v) is 16.9. The normalized spacial score (nSPS) is 37.6. The van der Waals surface area contributed by atoms with Crippen LogP contribution in [0.15, 0.2) is 42.9 Å². The van der Waals surface area contributed by atoms with E-state index in [0.29, 0.717) is 25.8 Å². The molecule has 310 valence electrons. The number of aliphatic hydroxyl groups is 1. The molecule has 1 N–H and O–H groups in total. The van der Waals surface area contributed by atoms with Crippen LogP contribution in [0, 0.1) is 23.7 Å². The first-order valence-corrected chi connectivity index (χ1v) is 20.0. The lowest BCUT2D eigenvalue weighted by atomic mass is 9.75. The van der Waals surface area contributed by atoms with Gasteiger partial charge in [-0.15, -0.1) is 0 Å². The lowest BCUT2D eigenvalue weighted by Gasteiger charge is -2.44. The number of ether oxygens (including phenoxy) is 4. The zero-order valence-electron chi connectivity index (χ0n) is 34.5. The summed E-state index contributed by atoms with van der Waals surface area (Å²) in [5.74, 6) is -5.75. The molecule has 0 radical (unpaired) electrons. The van der Waals surface area contributed by atoms with Gasteiger partial charge in [0.05, 0.1) is 30.3 Å². The van der Waals surface area contributed by atoms with Gasteiger partial charge >= 0.3 is 12.1 Å². The van der Waals surface area contributed by atoms with Crippen molar-refractivity contribution in [1.29, 1.82) is 0 Å². The number of cyclic esters (lactones) is 1. The van der Waals surface area contributed by atoms with Crippen LogP contribution in [-0.4, -0.2) is 123 Å². The molecule has 13 atom stereocenters. The Morgan fingerprint density at radius 2 is 1.62 bits per heavy atom. The van der Waals surface area contributed by atoms with Gasteiger partial charge in [-0.25, -0.2) is 19.0 Å². The monoisotopic (exact) mass is 784 g/mol. The quantitative estimate of drug-likeness (QED) is 0.196. The first kappa shape index (κ1) is 43.4. The third-order valence-corrected chi connectivity index (χ3v) is 12.3. The average Bonchev–Trinajstić information content (AvgIpc) is 3.73. The first-order valence-electron chi connectivity index (χ1n) is 20.0. The van der Waals surface area contributed by atoms with Crippen LogP contribution < -0.4 is 0 Å².